The third-order valence-corrected chi connectivity index (χ3v) is 11.1. The van der Waals surface area contributed by atoms with Crippen LogP contribution in [-0.2, 0) is 4.43 Å². The van der Waals surface area contributed by atoms with Crippen molar-refractivity contribution in [2.24, 2.45) is 11.8 Å². The van der Waals surface area contributed by atoms with Crippen molar-refractivity contribution in [3.8, 4) is 0 Å². The maximum absolute atomic E-state index is 10.8. The van der Waals surface area contributed by atoms with Gasteiger partial charge in [0.05, 0.1) is 11.2 Å². The highest BCUT2D eigenvalue weighted by Crippen LogP contribution is 2.68. The molecule has 3 aliphatic carbocycles. The normalized spacial score (nSPS) is 45.8. The van der Waals surface area contributed by atoms with Gasteiger partial charge < -0.3 is 9.53 Å². The van der Waals surface area contributed by atoms with Crippen molar-refractivity contribution < 1.29 is 9.53 Å². The minimum Gasteiger partial charge on any atom is -0.411 e. The quantitative estimate of drug-likeness (QED) is 0.773. The second kappa shape index (κ2) is 3.86. The average molecular weight is 282 g/mol. The molecule has 3 saturated carbocycles. The molecule has 2 nitrogen and oxygen atoms in total. The first-order chi connectivity index (χ1) is 8.61. The van der Waals surface area contributed by atoms with Crippen LogP contribution in [-0.4, -0.2) is 24.6 Å². The zero-order valence-electron chi connectivity index (χ0n) is 13.3. The highest BCUT2D eigenvalue weighted by Gasteiger charge is 2.72. The fourth-order valence-electron chi connectivity index (χ4n) is 4.41. The van der Waals surface area contributed by atoms with Crippen LogP contribution in [0.15, 0.2) is 0 Å². The molecule has 0 amide bonds. The molecule has 3 aliphatic rings. The summed E-state index contributed by atoms with van der Waals surface area (Å²) in [6.07, 6.45) is 7.10. The summed E-state index contributed by atoms with van der Waals surface area (Å²) in [5, 5.41) is 11.0. The Morgan fingerprint density at radius 1 is 1.16 bits per heavy atom. The molecule has 0 saturated heterocycles. The summed E-state index contributed by atoms with van der Waals surface area (Å²) in [5.74, 6) is 0.966. The largest absolute Gasteiger partial charge is 0.411 e. The van der Waals surface area contributed by atoms with E-state index in [0.717, 1.165) is 12.8 Å². The molecule has 0 heterocycles. The number of hydrogen-bond donors (Lipinski definition) is 1. The van der Waals surface area contributed by atoms with Crippen molar-refractivity contribution in [1.82, 2.24) is 0 Å². The molecular weight excluding hydrogens is 252 g/mol. The molecule has 1 unspecified atom stereocenters. The summed E-state index contributed by atoms with van der Waals surface area (Å²) < 4.78 is 6.90. The van der Waals surface area contributed by atoms with Crippen LogP contribution in [0.5, 0.6) is 0 Å². The van der Waals surface area contributed by atoms with E-state index in [1.807, 2.05) is 0 Å². The standard InChI is InChI=1S/C16H30O2Si/c1-14(2,3)19(4,5)18-15-9-7-6-8-13(15)16(17)11-12(16)10-15/h12-13,17H,6-11H2,1-5H3/t12-,13+,15?,16-/m1/s1. The van der Waals surface area contributed by atoms with Crippen molar-refractivity contribution in [3.63, 3.8) is 0 Å². The minimum absolute atomic E-state index is 0.0267. The van der Waals surface area contributed by atoms with Crippen molar-refractivity contribution in [2.75, 3.05) is 0 Å². The van der Waals surface area contributed by atoms with Crippen LogP contribution in [0, 0.1) is 11.8 Å². The van der Waals surface area contributed by atoms with Gasteiger partial charge in [-0.3, -0.25) is 0 Å². The monoisotopic (exact) mass is 282 g/mol. The van der Waals surface area contributed by atoms with Gasteiger partial charge in [0.25, 0.3) is 0 Å². The Balaban J connectivity index is 1.86. The molecular formula is C16H30O2Si. The molecule has 0 aliphatic heterocycles. The maximum atomic E-state index is 10.8. The Kier molecular flexibility index (Phi) is 2.86. The average Bonchev–Trinajstić information content (AvgIpc) is 2.81. The van der Waals surface area contributed by atoms with Crippen molar-refractivity contribution in [1.29, 1.82) is 0 Å². The lowest BCUT2D eigenvalue weighted by atomic mass is 9.74. The van der Waals surface area contributed by atoms with Crippen LogP contribution in [0.25, 0.3) is 0 Å². The molecule has 1 N–H and O–H groups in total. The van der Waals surface area contributed by atoms with Gasteiger partial charge in [-0.1, -0.05) is 33.6 Å². The van der Waals surface area contributed by atoms with Crippen LogP contribution in [0.1, 0.15) is 59.3 Å². The number of aliphatic hydroxyl groups is 1. The van der Waals surface area contributed by atoms with E-state index in [4.69, 9.17) is 4.43 Å². The van der Waals surface area contributed by atoms with Crippen LogP contribution in [0.3, 0.4) is 0 Å². The molecule has 0 spiro atoms. The second-order valence-corrected chi connectivity index (χ2v) is 13.5. The van der Waals surface area contributed by atoms with E-state index >= 15 is 0 Å². The molecule has 0 aromatic rings. The maximum Gasteiger partial charge on any atom is 0.192 e. The minimum atomic E-state index is -1.74. The highest BCUT2D eigenvalue weighted by molar-refractivity contribution is 6.74. The first-order valence-electron chi connectivity index (χ1n) is 8.03. The topological polar surface area (TPSA) is 29.5 Å². The number of hydrogen-bond acceptors (Lipinski definition) is 2. The van der Waals surface area contributed by atoms with E-state index in [0.29, 0.717) is 11.8 Å². The Bertz CT molecular complexity index is 387. The van der Waals surface area contributed by atoms with E-state index < -0.39 is 8.32 Å². The lowest BCUT2D eigenvalue weighted by Crippen LogP contribution is -2.54. The summed E-state index contributed by atoms with van der Waals surface area (Å²) in [6.45, 7) is 11.7. The van der Waals surface area contributed by atoms with E-state index in [1.54, 1.807) is 0 Å². The molecule has 0 aromatic heterocycles. The van der Waals surface area contributed by atoms with Gasteiger partial charge in [0.1, 0.15) is 0 Å². The Hall–Kier alpha value is 0.137. The summed E-state index contributed by atoms with van der Waals surface area (Å²) >= 11 is 0. The Morgan fingerprint density at radius 2 is 1.84 bits per heavy atom. The van der Waals surface area contributed by atoms with Crippen LogP contribution < -0.4 is 0 Å². The molecule has 0 aromatic carbocycles. The van der Waals surface area contributed by atoms with E-state index in [1.165, 1.54) is 25.7 Å². The van der Waals surface area contributed by atoms with Gasteiger partial charge >= 0.3 is 0 Å². The first kappa shape index (κ1) is 14.1. The lowest BCUT2D eigenvalue weighted by Gasteiger charge is -2.50. The highest BCUT2D eigenvalue weighted by atomic mass is 28.4. The molecule has 0 bridgehead atoms. The van der Waals surface area contributed by atoms with Crippen molar-refractivity contribution in [3.05, 3.63) is 0 Å². The SMILES string of the molecule is CC(C)(C)[Si](C)(C)OC12CCCC[C@@H]1[C@@]1(O)C[C@H]1C2. The zero-order chi connectivity index (χ0) is 14.1. The van der Waals surface area contributed by atoms with Crippen molar-refractivity contribution >= 4 is 8.32 Å². The molecule has 3 rings (SSSR count). The molecule has 19 heavy (non-hydrogen) atoms. The smallest absolute Gasteiger partial charge is 0.192 e. The number of fused-ring (bicyclic) bond motifs is 3. The predicted octanol–water partition coefficient (Wildman–Crippen LogP) is 4.09. The van der Waals surface area contributed by atoms with Gasteiger partial charge in [-0.05, 0) is 49.7 Å². The van der Waals surface area contributed by atoms with E-state index in [2.05, 4.69) is 33.9 Å². The number of rotatable bonds is 2. The Morgan fingerprint density at radius 3 is 2.47 bits per heavy atom. The van der Waals surface area contributed by atoms with Gasteiger partial charge in [0.15, 0.2) is 8.32 Å². The zero-order valence-corrected chi connectivity index (χ0v) is 14.3. The van der Waals surface area contributed by atoms with Gasteiger partial charge in [-0.15, -0.1) is 0 Å². The second-order valence-electron chi connectivity index (χ2n) is 8.82. The van der Waals surface area contributed by atoms with Crippen LogP contribution in [0.4, 0.5) is 0 Å². The summed E-state index contributed by atoms with van der Waals surface area (Å²) in [7, 11) is -1.74. The van der Waals surface area contributed by atoms with Crippen LogP contribution in [0.2, 0.25) is 18.1 Å². The fraction of sp³-hybridized carbons (Fsp3) is 1.00. The fourth-order valence-corrected chi connectivity index (χ4v) is 6.06. The van der Waals surface area contributed by atoms with Gasteiger partial charge in [-0.25, -0.2) is 0 Å². The Labute approximate surface area is 119 Å². The molecule has 3 heteroatoms. The van der Waals surface area contributed by atoms with Gasteiger partial charge in [0.2, 0.25) is 0 Å². The summed E-state index contributed by atoms with van der Waals surface area (Å²) in [5.41, 5.74) is -0.318. The molecule has 110 valence electrons. The predicted molar refractivity (Wildman–Crippen MR) is 80.6 cm³/mol. The van der Waals surface area contributed by atoms with Crippen molar-refractivity contribution in [2.45, 2.75) is 88.6 Å². The van der Waals surface area contributed by atoms with Gasteiger partial charge in [-0.2, -0.15) is 0 Å². The van der Waals surface area contributed by atoms with Gasteiger partial charge in [0, 0.05) is 5.92 Å². The molecule has 4 atom stereocenters. The lowest BCUT2D eigenvalue weighted by molar-refractivity contribution is -0.0684. The first-order valence-corrected chi connectivity index (χ1v) is 10.9. The molecule has 3 fully saturated rings. The third-order valence-electron chi connectivity index (χ3n) is 6.56. The van der Waals surface area contributed by atoms with E-state index in [9.17, 15) is 5.11 Å². The summed E-state index contributed by atoms with van der Waals surface area (Å²) in [6, 6.07) is 0. The summed E-state index contributed by atoms with van der Waals surface area (Å²) in [4.78, 5) is 0. The van der Waals surface area contributed by atoms with E-state index in [-0.39, 0.29) is 16.2 Å². The van der Waals surface area contributed by atoms with Crippen LogP contribution >= 0.6 is 0 Å². The molecule has 0 radical (unpaired) electrons. The third kappa shape index (κ3) is 1.96.